The van der Waals surface area contributed by atoms with Crippen molar-refractivity contribution in [3.05, 3.63) is 89.0 Å². The highest BCUT2D eigenvalue weighted by molar-refractivity contribution is 6.16. The number of aromatic carboxylic acids is 1. The molecule has 3 rings (SSSR count). The first kappa shape index (κ1) is 19.2. The number of hydrogen-bond acceptors (Lipinski definition) is 4. The van der Waals surface area contributed by atoms with Crippen molar-refractivity contribution in [1.29, 1.82) is 0 Å². The van der Waals surface area contributed by atoms with Gasteiger partial charge in [-0.05, 0) is 31.2 Å². The number of hydrogen-bond donors (Lipinski definition) is 2. The summed E-state index contributed by atoms with van der Waals surface area (Å²) in [5.41, 5.74) is 3.60. The van der Waals surface area contributed by atoms with E-state index < -0.39 is 5.97 Å². The number of rotatable bonds is 6. The zero-order chi connectivity index (χ0) is 20.3. The van der Waals surface area contributed by atoms with Crippen molar-refractivity contribution in [3.63, 3.8) is 0 Å². The quantitative estimate of drug-likeness (QED) is 0.610. The molecule has 3 aromatic rings. The van der Waals surface area contributed by atoms with Gasteiger partial charge in [-0.1, -0.05) is 48.0 Å². The molecule has 0 spiro atoms. The second-order valence-electron chi connectivity index (χ2n) is 6.80. The van der Waals surface area contributed by atoms with Crippen LogP contribution in [0.2, 0.25) is 0 Å². The van der Waals surface area contributed by atoms with Crippen molar-refractivity contribution < 1.29 is 14.7 Å². The van der Waals surface area contributed by atoms with Gasteiger partial charge in [-0.15, -0.1) is 0 Å². The molecule has 142 valence electrons. The summed E-state index contributed by atoms with van der Waals surface area (Å²) in [6.45, 7) is 1.97. The molecule has 0 saturated heterocycles. The molecule has 0 aliphatic heterocycles. The number of carboxylic acids is 1. The number of benzene rings is 3. The molecule has 28 heavy (non-hydrogen) atoms. The van der Waals surface area contributed by atoms with E-state index in [1.165, 1.54) is 0 Å². The summed E-state index contributed by atoms with van der Waals surface area (Å²) in [5, 5.41) is 12.9. The van der Waals surface area contributed by atoms with Crippen molar-refractivity contribution in [2.24, 2.45) is 0 Å². The Kier molecular flexibility index (Phi) is 5.45. The molecule has 0 aromatic heterocycles. The van der Waals surface area contributed by atoms with E-state index in [-0.39, 0.29) is 17.0 Å². The third-order valence-corrected chi connectivity index (χ3v) is 4.47. The van der Waals surface area contributed by atoms with Gasteiger partial charge >= 0.3 is 5.97 Å². The second kappa shape index (κ2) is 7.96. The molecular weight excluding hydrogens is 352 g/mol. The fraction of sp³-hybridized carbons (Fsp3) is 0.130. The molecule has 5 nitrogen and oxygen atoms in total. The van der Waals surface area contributed by atoms with E-state index in [0.29, 0.717) is 22.5 Å². The Balaban J connectivity index is 2.20. The Bertz CT molecular complexity index is 1010. The van der Waals surface area contributed by atoms with Gasteiger partial charge in [0.2, 0.25) is 0 Å². The topological polar surface area (TPSA) is 69.6 Å². The fourth-order valence-electron chi connectivity index (χ4n) is 2.89. The minimum atomic E-state index is -1.10. The predicted molar refractivity (Wildman–Crippen MR) is 112 cm³/mol. The second-order valence-corrected chi connectivity index (χ2v) is 6.80. The van der Waals surface area contributed by atoms with E-state index in [0.717, 1.165) is 5.56 Å². The molecule has 0 atom stereocenters. The molecule has 5 heteroatoms. The van der Waals surface area contributed by atoms with Gasteiger partial charge in [-0.2, -0.15) is 0 Å². The number of nitrogens with one attached hydrogen (secondary N) is 1. The highest BCUT2D eigenvalue weighted by Crippen LogP contribution is 2.32. The summed E-state index contributed by atoms with van der Waals surface area (Å²) in [7, 11) is 3.62. The number of carbonyl (C=O) groups is 2. The predicted octanol–water partition coefficient (Wildman–Crippen LogP) is 4.73. The van der Waals surface area contributed by atoms with E-state index in [1.54, 1.807) is 41.3 Å². The molecule has 2 N–H and O–H groups in total. The van der Waals surface area contributed by atoms with Crippen molar-refractivity contribution in [2.45, 2.75) is 6.92 Å². The molecule has 0 heterocycles. The van der Waals surface area contributed by atoms with E-state index in [4.69, 9.17) is 0 Å². The van der Waals surface area contributed by atoms with Gasteiger partial charge in [0, 0.05) is 36.6 Å². The van der Waals surface area contributed by atoms with E-state index in [2.05, 4.69) is 5.32 Å². The van der Waals surface area contributed by atoms with Crippen LogP contribution in [0.5, 0.6) is 0 Å². The molecular formula is C23H22N2O3. The summed E-state index contributed by atoms with van der Waals surface area (Å²) in [5.74, 6) is -1.33. The summed E-state index contributed by atoms with van der Waals surface area (Å²) < 4.78 is 0. The number of anilines is 3. The molecule has 0 saturated carbocycles. The lowest BCUT2D eigenvalue weighted by atomic mass is 9.97. The number of aryl methyl sites for hydroxylation is 1. The van der Waals surface area contributed by atoms with Crippen LogP contribution in [0.1, 0.15) is 31.8 Å². The monoisotopic (exact) mass is 374 g/mol. The van der Waals surface area contributed by atoms with Crippen molar-refractivity contribution >= 4 is 28.8 Å². The van der Waals surface area contributed by atoms with Crippen LogP contribution in [0.25, 0.3) is 0 Å². The zero-order valence-electron chi connectivity index (χ0n) is 16.1. The fourth-order valence-corrected chi connectivity index (χ4v) is 2.89. The van der Waals surface area contributed by atoms with Gasteiger partial charge in [0.25, 0.3) is 0 Å². The van der Waals surface area contributed by atoms with Gasteiger partial charge in [0.05, 0.1) is 11.3 Å². The van der Waals surface area contributed by atoms with E-state index in [1.807, 2.05) is 51.4 Å². The Morgan fingerprint density at radius 2 is 1.50 bits per heavy atom. The van der Waals surface area contributed by atoms with Gasteiger partial charge in [0.15, 0.2) is 5.78 Å². The minimum absolute atomic E-state index is 0.0473. The van der Waals surface area contributed by atoms with Crippen LogP contribution in [-0.4, -0.2) is 31.0 Å². The van der Waals surface area contributed by atoms with Crippen molar-refractivity contribution in [2.75, 3.05) is 24.3 Å². The largest absolute Gasteiger partial charge is 0.478 e. The first-order valence-electron chi connectivity index (χ1n) is 8.89. The number of carboxylic acid groups (broad SMARTS) is 1. The molecule has 3 aromatic carbocycles. The van der Waals surface area contributed by atoms with Gasteiger partial charge < -0.3 is 15.3 Å². The average molecular weight is 374 g/mol. The van der Waals surface area contributed by atoms with Crippen LogP contribution in [0.3, 0.4) is 0 Å². The lowest BCUT2D eigenvalue weighted by molar-refractivity contribution is 0.0698. The summed E-state index contributed by atoms with van der Waals surface area (Å²) in [6, 6.07) is 19.7. The molecule has 0 amide bonds. The van der Waals surface area contributed by atoms with E-state index >= 15 is 0 Å². The maximum absolute atomic E-state index is 13.2. The van der Waals surface area contributed by atoms with Crippen LogP contribution >= 0.6 is 0 Å². The minimum Gasteiger partial charge on any atom is -0.478 e. The van der Waals surface area contributed by atoms with Gasteiger partial charge in [0.1, 0.15) is 0 Å². The number of carbonyl (C=O) groups excluding carboxylic acids is 1. The molecule has 0 aliphatic rings. The SMILES string of the molecule is Cc1ccc(Nc2c(C(=O)O)cc(N(C)C)cc2C(=O)c2ccccc2)cc1. The zero-order valence-corrected chi connectivity index (χ0v) is 16.1. The number of nitrogens with zero attached hydrogens (tertiary/aromatic N) is 1. The smallest absolute Gasteiger partial charge is 0.337 e. The van der Waals surface area contributed by atoms with Crippen LogP contribution in [-0.2, 0) is 0 Å². The maximum Gasteiger partial charge on any atom is 0.337 e. The third-order valence-electron chi connectivity index (χ3n) is 4.47. The lowest BCUT2D eigenvalue weighted by Gasteiger charge is -2.20. The summed E-state index contributed by atoms with van der Waals surface area (Å²) >= 11 is 0. The van der Waals surface area contributed by atoms with E-state index in [9.17, 15) is 14.7 Å². The Morgan fingerprint density at radius 3 is 2.07 bits per heavy atom. The third kappa shape index (κ3) is 4.04. The molecule has 0 unspecified atom stereocenters. The van der Waals surface area contributed by atoms with Crippen molar-refractivity contribution in [1.82, 2.24) is 0 Å². The first-order chi connectivity index (χ1) is 13.4. The summed E-state index contributed by atoms with van der Waals surface area (Å²) in [4.78, 5) is 27.0. The van der Waals surface area contributed by atoms with Crippen LogP contribution in [0, 0.1) is 6.92 Å². The van der Waals surface area contributed by atoms with Crippen LogP contribution in [0.4, 0.5) is 17.1 Å². The van der Waals surface area contributed by atoms with Crippen LogP contribution < -0.4 is 10.2 Å². The molecule has 0 bridgehead atoms. The van der Waals surface area contributed by atoms with Crippen LogP contribution in [0.15, 0.2) is 66.7 Å². The van der Waals surface area contributed by atoms with Gasteiger partial charge in [-0.3, -0.25) is 4.79 Å². The Morgan fingerprint density at radius 1 is 0.893 bits per heavy atom. The van der Waals surface area contributed by atoms with Gasteiger partial charge in [-0.25, -0.2) is 4.79 Å². The Hall–Kier alpha value is -3.60. The maximum atomic E-state index is 13.2. The standard InChI is InChI=1S/C23H22N2O3/c1-15-9-11-17(12-10-15)24-21-19(22(26)16-7-5-4-6-8-16)13-18(25(2)3)14-20(21)23(27)28/h4-14,24H,1-3H3,(H,27,28). The Labute approximate surface area is 164 Å². The highest BCUT2D eigenvalue weighted by atomic mass is 16.4. The average Bonchev–Trinajstić information content (AvgIpc) is 2.69. The molecule has 0 radical (unpaired) electrons. The normalized spacial score (nSPS) is 10.4. The highest BCUT2D eigenvalue weighted by Gasteiger charge is 2.22. The first-order valence-corrected chi connectivity index (χ1v) is 8.89. The van der Waals surface area contributed by atoms with Crippen molar-refractivity contribution in [3.8, 4) is 0 Å². The molecule has 0 aliphatic carbocycles. The lowest BCUT2D eigenvalue weighted by Crippen LogP contribution is -2.15. The summed E-state index contributed by atoms with van der Waals surface area (Å²) in [6.07, 6.45) is 0. The molecule has 0 fully saturated rings. The number of ketones is 1.